The van der Waals surface area contributed by atoms with E-state index in [9.17, 15) is 0 Å². The van der Waals surface area contributed by atoms with Crippen LogP contribution >= 0.6 is 0 Å². The Morgan fingerprint density at radius 1 is 1.19 bits per heavy atom. The molecule has 0 radical (unpaired) electrons. The van der Waals surface area contributed by atoms with Crippen molar-refractivity contribution in [2.24, 2.45) is 4.99 Å². The lowest BCUT2D eigenvalue weighted by atomic mass is 10.2. The molecule has 1 aromatic carbocycles. The van der Waals surface area contributed by atoms with Crippen molar-refractivity contribution < 1.29 is 4.74 Å². The Labute approximate surface area is 159 Å². The maximum atomic E-state index is 5.22. The van der Waals surface area contributed by atoms with Crippen LogP contribution in [0.15, 0.2) is 53.7 Å². The van der Waals surface area contributed by atoms with Crippen LogP contribution in [0.2, 0.25) is 0 Å². The fraction of sp³-hybridized carbons (Fsp3) is 0.350. The van der Waals surface area contributed by atoms with E-state index in [-0.39, 0.29) is 0 Å². The monoisotopic (exact) mass is 366 g/mol. The van der Waals surface area contributed by atoms with Gasteiger partial charge >= 0.3 is 0 Å². The molecule has 0 aliphatic rings. The Morgan fingerprint density at radius 3 is 2.74 bits per heavy atom. The second kappa shape index (κ2) is 9.02. The molecule has 1 N–H and O–H groups in total. The summed E-state index contributed by atoms with van der Waals surface area (Å²) in [6, 6.07) is 14.0. The molecule has 27 heavy (non-hydrogen) atoms. The first-order valence-electron chi connectivity index (χ1n) is 9.12. The molecule has 3 rings (SSSR count). The molecule has 0 amide bonds. The van der Waals surface area contributed by atoms with Gasteiger partial charge in [-0.1, -0.05) is 18.2 Å². The van der Waals surface area contributed by atoms with Crippen LogP contribution in [0.3, 0.4) is 0 Å². The fourth-order valence-electron chi connectivity index (χ4n) is 2.87. The van der Waals surface area contributed by atoms with E-state index in [2.05, 4.69) is 39.5 Å². The van der Waals surface area contributed by atoms with Gasteiger partial charge in [-0.2, -0.15) is 0 Å². The van der Waals surface area contributed by atoms with Gasteiger partial charge < -0.3 is 15.0 Å². The topological polar surface area (TPSA) is 67.0 Å². The van der Waals surface area contributed by atoms with Gasteiger partial charge in [-0.05, 0) is 36.8 Å². The SMILES string of the molecule is CCNC(=NCCc1nnc2ccccn12)N(C)Cc1ccc(OC)cc1. The molecule has 2 heterocycles. The number of hydrogen-bond donors (Lipinski definition) is 1. The van der Waals surface area contributed by atoms with E-state index in [1.54, 1.807) is 7.11 Å². The number of nitrogens with zero attached hydrogens (tertiary/aromatic N) is 5. The highest BCUT2D eigenvalue weighted by Gasteiger charge is 2.08. The van der Waals surface area contributed by atoms with Crippen molar-refractivity contribution in [3.63, 3.8) is 0 Å². The van der Waals surface area contributed by atoms with Crippen LogP contribution in [0.4, 0.5) is 0 Å². The second-order valence-electron chi connectivity index (χ2n) is 6.23. The predicted octanol–water partition coefficient (Wildman–Crippen LogP) is 2.38. The Hall–Kier alpha value is -3.09. The van der Waals surface area contributed by atoms with Crippen molar-refractivity contribution in [1.29, 1.82) is 0 Å². The van der Waals surface area contributed by atoms with Crippen molar-refractivity contribution in [2.75, 3.05) is 27.2 Å². The molecule has 0 bridgehead atoms. The van der Waals surface area contributed by atoms with E-state index < -0.39 is 0 Å². The summed E-state index contributed by atoms with van der Waals surface area (Å²) < 4.78 is 7.22. The summed E-state index contributed by atoms with van der Waals surface area (Å²) in [5, 5.41) is 11.8. The van der Waals surface area contributed by atoms with Gasteiger partial charge in [0.15, 0.2) is 11.6 Å². The molecule has 7 heteroatoms. The first kappa shape index (κ1) is 18.7. The van der Waals surface area contributed by atoms with Crippen molar-refractivity contribution in [3.8, 4) is 5.75 Å². The maximum absolute atomic E-state index is 5.22. The molecule has 2 aromatic heterocycles. The third-order valence-electron chi connectivity index (χ3n) is 4.26. The molecule has 7 nitrogen and oxygen atoms in total. The Kier molecular flexibility index (Phi) is 6.25. The molecule has 0 aliphatic carbocycles. The minimum absolute atomic E-state index is 0.644. The largest absolute Gasteiger partial charge is 0.497 e. The third-order valence-corrected chi connectivity index (χ3v) is 4.26. The number of pyridine rings is 1. The summed E-state index contributed by atoms with van der Waals surface area (Å²) in [5.74, 6) is 2.66. The number of nitrogens with one attached hydrogen (secondary N) is 1. The van der Waals surface area contributed by atoms with Crippen LogP contribution < -0.4 is 10.1 Å². The third kappa shape index (κ3) is 4.75. The first-order valence-corrected chi connectivity index (χ1v) is 9.12. The fourth-order valence-corrected chi connectivity index (χ4v) is 2.87. The van der Waals surface area contributed by atoms with Gasteiger partial charge in [0, 0.05) is 39.3 Å². The van der Waals surface area contributed by atoms with Gasteiger partial charge in [0.05, 0.1) is 7.11 Å². The van der Waals surface area contributed by atoms with E-state index in [1.807, 2.05) is 48.0 Å². The summed E-state index contributed by atoms with van der Waals surface area (Å²) in [6.07, 6.45) is 2.71. The normalized spacial score (nSPS) is 11.6. The smallest absolute Gasteiger partial charge is 0.193 e. The van der Waals surface area contributed by atoms with E-state index in [1.165, 1.54) is 5.56 Å². The Balaban J connectivity index is 1.64. The highest BCUT2D eigenvalue weighted by Crippen LogP contribution is 2.12. The Morgan fingerprint density at radius 2 is 2.00 bits per heavy atom. The molecular weight excluding hydrogens is 340 g/mol. The molecule has 0 aliphatic heterocycles. The number of guanidine groups is 1. The van der Waals surface area contributed by atoms with E-state index in [0.29, 0.717) is 6.54 Å². The summed E-state index contributed by atoms with van der Waals surface area (Å²) in [6.45, 7) is 4.30. The van der Waals surface area contributed by atoms with Crippen molar-refractivity contribution in [3.05, 3.63) is 60.0 Å². The van der Waals surface area contributed by atoms with Crippen LogP contribution in [0.5, 0.6) is 5.75 Å². The number of aliphatic imine (C=N–C) groups is 1. The molecule has 142 valence electrons. The maximum Gasteiger partial charge on any atom is 0.193 e. The standard InChI is InChI=1S/C20H26N6O/c1-4-21-20(25(2)15-16-8-10-17(27-3)11-9-16)22-13-12-19-24-23-18-7-5-6-14-26(18)19/h5-11,14H,4,12-13,15H2,1-3H3,(H,21,22). The number of methoxy groups -OCH3 is 1. The second-order valence-corrected chi connectivity index (χ2v) is 6.23. The molecular formula is C20H26N6O. The first-order chi connectivity index (χ1) is 13.2. The van der Waals surface area contributed by atoms with Crippen LogP contribution in [0.1, 0.15) is 18.3 Å². The van der Waals surface area contributed by atoms with Crippen LogP contribution in [-0.4, -0.2) is 52.7 Å². The predicted molar refractivity (Wildman–Crippen MR) is 107 cm³/mol. The minimum atomic E-state index is 0.644. The number of rotatable bonds is 7. The van der Waals surface area contributed by atoms with E-state index >= 15 is 0 Å². The molecule has 0 fully saturated rings. The lowest BCUT2D eigenvalue weighted by molar-refractivity contribution is 0.414. The molecule has 0 saturated carbocycles. The van der Waals surface area contributed by atoms with Crippen LogP contribution in [0, 0.1) is 0 Å². The zero-order chi connectivity index (χ0) is 19.1. The van der Waals surface area contributed by atoms with E-state index in [0.717, 1.165) is 42.7 Å². The summed E-state index contributed by atoms with van der Waals surface area (Å²) in [7, 11) is 3.72. The van der Waals surface area contributed by atoms with Crippen LogP contribution in [0.25, 0.3) is 5.65 Å². The molecule has 0 spiro atoms. The quantitative estimate of drug-likeness (QED) is 0.514. The van der Waals surface area contributed by atoms with Gasteiger partial charge in [-0.3, -0.25) is 9.39 Å². The highest BCUT2D eigenvalue weighted by atomic mass is 16.5. The number of aromatic nitrogens is 3. The zero-order valence-corrected chi connectivity index (χ0v) is 16.1. The van der Waals surface area contributed by atoms with Gasteiger partial charge in [0.25, 0.3) is 0 Å². The lowest BCUT2D eigenvalue weighted by Gasteiger charge is -2.22. The van der Waals surface area contributed by atoms with E-state index in [4.69, 9.17) is 9.73 Å². The number of ether oxygens (including phenoxy) is 1. The average molecular weight is 366 g/mol. The number of fused-ring (bicyclic) bond motifs is 1. The zero-order valence-electron chi connectivity index (χ0n) is 16.1. The van der Waals surface area contributed by atoms with Crippen LogP contribution in [-0.2, 0) is 13.0 Å². The van der Waals surface area contributed by atoms with Gasteiger partial charge in [-0.15, -0.1) is 10.2 Å². The minimum Gasteiger partial charge on any atom is -0.497 e. The van der Waals surface area contributed by atoms with Gasteiger partial charge in [0.1, 0.15) is 11.6 Å². The molecule has 3 aromatic rings. The molecule has 0 atom stereocenters. The molecule has 0 saturated heterocycles. The summed E-state index contributed by atoms with van der Waals surface area (Å²) >= 11 is 0. The van der Waals surface area contributed by atoms with Crippen molar-refractivity contribution >= 4 is 11.6 Å². The Bertz CT molecular complexity index is 887. The van der Waals surface area contributed by atoms with Gasteiger partial charge in [-0.25, -0.2) is 0 Å². The highest BCUT2D eigenvalue weighted by molar-refractivity contribution is 5.79. The molecule has 0 unspecified atom stereocenters. The van der Waals surface area contributed by atoms with Gasteiger partial charge in [0.2, 0.25) is 0 Å². The summed E-state index contributed by atoms with van der Waals surface area (Å²) in [4.78, 5) is 6.87. The number of benzene rings is 1. The number of hydrogen-bond acceptors (Lipinski definition) is 4. The summed E-state index contributed by atoms with van der Waals surface area (Å²) in [5.41, 5.74) is 2.06. The lowest BCUT2D eigenvalue weighted by Crippen LogP contribution is -2.38. The average Bonchev–Trinajstić information content (AvgIpc) is 3.11. The van der Waals surface area contributed by atoms with Crippen molar-refractivity contribution in [1.82, 2.24) is 24.8 Å². The van der Waals surface area contributed by atoms with Crippen molar-refractivity contribution in [2.45, 2.75) is 19.9 Å².